The van der Waals surface area contributed by atoms with Crippen LogP contribution in [0.5, 0.6) is 0 Å². The van der Waals surface area contributed by atoms with Gasteiger partial charge in [0, 0.05) is 0 Å². The van der Waals surface area contributed by atoms with Crippen molar-refractivity contribution in [1.29, 1.82) is 0 Å². The van der Waals surface area contributed by atoms with Gasteiger partial charge in [0.25, 0.3) is 0 Å². The largest absolute Gasteiger partial charge is 0.0836 e. The first-order chi connectivity index (χ1) is 13.9. The standard InChI is InChI=1S/C28H30Si/c1-18-9-10-25(17-18)29-27-8-6-7-26(23-13-19(2)11-20(3)14-23)28(27)24-15-21(4)12-22(5)16-24/h6-9,11-17H,10,29H2,1-5H3. The summed E-state index contributed by atoms with van der Waals surface area (Å²) in [6.45, 7) is 11.0. The molecule has 0 saturated heterocycles. The molecule has 4 rings (SSSR count). The van der Waals surface area contributed by atoms with E-state index < -0.39 is 9.52 Å². The lowest BCUT2D eigenvalue weighted by molar-refractivity contribution is 1.37. The van der Waals surface area contributed by atoms with Crippen LogP contribution in [-0.2, 0) is 0 Å². The van der Waals surface area contributed by atoms with Gasteiger partial charge in [0.1, 0.15) is 0 Å². The van der Waals surface area contributed by atoms with Crippen LogP contribution in [0.1, 0.15) is 35.6 Å². The number of hydrogen-bond acceptors (Lipinski definition) is 0. The van der Waals surface area contributed by atoms with Gasteiger partial charge in [-0.15, -0.1) is 0 Å². The van der Waals surface area contributed by atoms with Crippen LogP contribution in [0.3, 0.4) is 0 Å². The van der Waals surface area contributed by atoms with Crippen LogP contribution in [0, 0.1) is 27.7 Å². The Morgan fingerprint density at radius 1 is 0.690 bits per heavy atom. The van der Waals surface area contributed by atoms with E-state index in [0.717, 1.165) is 6.42 Å². The zero-order valence-electron chi connectivity index (χ0n) is 18.3. The van der Waals surface area contributed by atoms with Crippen molar-refractivity contribution in [2.75, 3.05) is 0 Å². The summed E-state index contributed by atoms with van der Waals surface area (Å²) < 4.78 is 0. The van der Waals surface area contributed by atoms with Crippen molar-refractivity contribution in [1.82, 2.24) is 0 Å². The molecule has 0 saturated carbocycles. The summed E-state index contributed by atoms with van der Waals surface area (Å²) in [5.41, 5.74) is 12.3. The second kappa shape index (κ2) is 8.00. The fraction of sp³-hybridized carbons (Fsp3) is 0.214. The minimum absolute atomic E-state index is 0.501. The second-order valence-electron chi connectivity index (χ2n) is 8.72. The van der Waals surface area contributed by atoms with Crippen molar-refractivity contribution in [3.63, 3.8) is 0 Å². The number of benzene rings is 3. The molecule has 0 N–H and O–H groups in total. The molecule has 0 heterocycles. The van der Waals surface area contributed by atoms with E-state index in [1.54, 1.807) is 10.4 Å². The lowest BCUT2D eigenvalue weighted by atomic mass is 9.91. The Hall–Kier alpha value is -2.64. The highest BCUT2D eigenvalue weighted by atomic mass is 28.2. The average molecular weight is 395 g/mol. The van der Waals surface area contributed by atoms with Gasteiger partial charge in [-0.05, 0) is 63.3 Å². The molecule has 0 unspecified atom stereocenters. The Labute approximate surface area is 177 Å². The van der Waals surface area contributed by atoms with Crippen molar-refractivity contribution in [2.24, 2.45) is 0 Å². The summed E-state index contributed by atoms with van der Waals surface area (Å²) in [5, 5.41) is 3.20. The molecule has 0 atom stereocenters. The minimum Gasteiger partial charge on any atom is -0.0786 e. The predicted molar refractivity (Wildman–Crippen MR) is 131 cm³/mol. The number of aryl methyl sites for hydroxylation is 4. The maximum Gasteiger partial charge on any atom is 0.0836 e. The lowest BCUT2D eigenvalue weighted by Gasteiger charge is -2.18. The van der Waals surface area contributed by atoms with E-state index in [9.17, 15) is 0 Å². The first kappa shape index (κ1) is 19.7. The summed E-state index contributed by atoms with van der Waals surface area (Å²) in [5.74, 6) is 0. The fourth-order valence-corrected chi connectivity index (χ4v) is 6.71. The summed E-state index contributed by atoms with van der Waals surface area (Å²) in [4.78, 5) is 0. The average Bonchev–Trinajstić information content (AvgIpc) is 3.04. The van der Waals surface area contributed by atoms with E-state index >= 15 is 0 Å². The Bertz CT molecular complexity index is 1100. The minimum atomic E-state index is -0.501. The topological polar surface area (TPSA) is 0 Å². The van der Waals surface area contributed by atoms with Gasteiger partial charge in [-0.1, -0.05) is 105 Å². The summed E-state index contributed by atoms with van der Waals surface area (Å²) >= 11 is 0. The van der Waals surface area contributed by atoms with E-state index in [4.69, 9.17) is 0 Å². The molecular weight excluding hydrogens is 364 g/mol. The Balaban J connectivity index is 1.93. The molecule has 0 amide bonds. The maximum atomic E-state index is 2.42. The van der Waals surface area contributed by atoms with Crippen molar-refractivity contribution in [3.05, 3.63) is 99.8 Å². The van der Waals surface area contributed by atoms with Gasteiger partial charge in [-0.2, -0.15) is 0 Å². The number of rotatable bonds is 4. The fourth-order valence-electron chi connectivity index (χ4n) is 4.68. The smallest absolute Gasteiger partial charge is 0.0786 e. The Morgan fingerprint density at radius 3 is 1.83 bits per heavy atom. The summed E-state index contributed by atoms with van der Waals surface area (Å²) in [6, 6.07) is 20.9. The van der Waals surface area contributed by atoms with Crippen LogP contribution in [-0.4, -0.2) is 9.52 Å². The van der Waals surface area contributed by atoms with E-state index in [-0.39, 0.29) is 0 Å². The van der Waals surface area contributed by atoms with E-state index in [0.29, 0.717) is 0 Å². The molecule has 1 aliphatic rings. The molecule has 0 radical (unpaired) electrons. The van der Waals surface area contributed by atoms with Crippen LogP contribution in [0.2, 0.25) is 0 Å². The van der Waals surface area contributed by atoms with E-state index in [1.165, 1.54) is 50.1 Å². The molecule has 3 aromatic rings. The highest BCUT2D eigenvalue weighted by Crippen LogP contribution is 2.33. The van der Waals surface area contributed by atoms with Crippen LogP contribution in [0.4, 0.5) is 0 Å². The molecule has 0 fully saturated rings. The van der Waals surface area contributed by atoms with Gasteiger partial charge in [0.05, 0.1) is 9.52 Å². The Kier molecular flexibility index (Phi) is 5.43. The van der Waals surface area contributed by atoms with Crippen LogP contribution in [0.15, 0.2) is 77.5 Å². The van der Waals surface area contributed by atoms with Crippen molar-refractivity contribution >= 4 is 14.7 Å². The quantitative estimate of drug-likeness (QED) is 0.457. The highest BCUT2D eigenvalue weighted by Gasteiger charge is 2.16. The van der Waals surface area contributed by atoms with Gasteiger partial charge in [0.15, 0.2) is 0 Å². The van der Waals surface area contributed by atoms with Crippen molar-refractivity contribution < 1.29 is 0 Å². The molecule has 0 aliphatic heterocycles. The molecule has 146 valence electrons. The first-order valence-electron chi connectivity index (χ1n) is 10.5. The first-order valence-corrected chi connectivity index (χ1v) is 12.0. The third kappa shape index (κ3) is 4.36. The highest BCUT2D eigenvalue weighted by molar-refractivity contribution is 6.63. The van der Waals surface area contributed by atoms with Crippen molar-refractivity contribution in [2.45, 2.75) is 41.0 Å². The Morgan fingerprint density at radius 2 is 1.28 bits per heavy atom. The molecule has 1 aliphatic carbocycles. The lowest BCUT2D eigenvalue weighted by Crippen LogP contribution is -2.19. The van der Waals surface area contributed by atoms with Crippen molar-refractivity contribution in [3.8, 4) is 22.3 Å². The molecule has 0 spiro atoms. The summed E-state index contributed by atoms with van der Waals surface area (Å²) in [6.07, 6.45) is 5.92. The van der Waals surface area contributed by atoms with E-state index in [1.807, 2.05) is 0 Å². The molecule has 0 nitrogen and oxygen atoms in total. The van der Waals surface area contributed by atoms with Gasteiger partial charge in [-0.25, -0.2) is 0 Å². The van der Waals surface area contributed by atoms with E-state index in [2.05, 4.69) is 101 Å². The predicted octanol–water partition coefficient (Wildman–Crippen LogP) is 6.28. The van der Waals surface area contributed by atoms with Crippen LogP contribution < -0.4 is 5.19 Å². The van der Waals surface area contributed by atoms with Gasteiger partial charge in [0.2, 0.25) is 0 Å². The SMILES string of the molecule is CC1=CCC([SiH2]c2cccc(-c3cc(C)cc(C)c3)c2-c2cc(C)cc(C)c2)=C1. The third-order valence-electron chi connectivity index (χ3n) is 5.73. The zero-order chi connectivity index (χ0) is 20.5. The van der Waals surface area contributed by atoms with Gasteiger partial charge < -0.3 is 0 Å². The number of allylic oxidation sites excluding steroid dienone is 4. The summed E-state index contributed by atoms with van der Waals surface area (Å²) in [7, 11) is -0.501. The molecular formula is C28H30Si. The monoisotopic (exact) mass is 394 g/mol. The molecule has 29 heavy (non-hydrogen) atoms. The van der Waals surface area contributed by atoms with Gasteiger partial charge >= 0.3 is 0 Å². The molecule has 3 aromatic carbocycles. The molecule has 1 heteroatoms. The van der Waals surface area contributed by atoms with Gasteiger partial charge in [-0.3, -0.25) is 0 Å². The van der Waals surface area contributed by atoms with Crippen LogP contribution >= 0.6 is 0 Å². The number of hydrogen-bond donors (Lipinski definition) is 0. The normalized spacial score (nSPS) is 13.8. The maximum absolute atomic E-state index is 2.42. The zero-order valence-corrected chi connectivity index (χ0v) is 19.7. The second-order valence-corrected chi connectivity index (χ2v) is 10.7. The third-order valence-corrected chi connectivity index (χ3v) is 7.65. The molecule has 0 bridgehead atoms. The molecule has 0 aromatic heterocycles. The van der Waals surface area contributed by atoms with Crippen LogP contribution in [0.25, 0.3) is 22.3 Å².